The van der Waals surface area contributed by atoms with Gasteiger partial charge >= 0.3 is 0 Å². The normalized spacial score (nSPS) is 17.6. The molecule has 1 atom stereocenters. The Hall–Kier alpha value is -3.84. The summed E-state index contributed by atoms with van der Waals surface area (Å²) in [7, 11) is 0. The Balaban J connectivity index is 1.60. The first-order valence-corrected chi connectivity index (χ1v) is 10.3. The maximum atomic E-state index is 6.86. The zero-order chi connectivity index (χ0) is 20.0. The van der Waals surface area contributed by atoms with Crippen LogP contribution in [0.2, 0.25) is 0 Å². The summed E-state index contributed by atoms with van der Waals surface area (Å²) in [6, 6.07) is 38.3. The summed E-state index contributed by atoms with van der Waals surface area (Å²) in [5.41, 5.74) is 2.72. The van der Waals surface area contributed by atoms with E-state index in [1.54, 1.807) is 0 Å². The van der Waals surface area contributed by atoms with Crippen LogP contribution in [-0.4, -0.2) is 0 Å². The molecule has 0 N–H and O–H groups in total. The molecular formula is C29H20O. The molecule has 0 amide bonds. The highest BCUT2D eigenvalue weighted by Gasteiger charge is 2.37. The molecule has 0 aliphatic carbocycles. The standard InChI is InChI=1S/C29H20O/c1-2-11-24(12-3-1)29(25-16-14-21-8-4-5-10-23(21)20-25)19-18-27-26-13-7-6-9-22(26)15-17-28(27)30-29/h1-20H. The van der Waals surface area contributed by atoms with Gasteiger partial charge in [0.2, 0.25) is 0 Å². The van der Waals surface area contributed by atoms with E-state index >= 15 is 0 Å². The second-order valence-corrected chi connectivity index (χ2v) is 7.80. The van der Waals surface area contributed by atoms with Crippen LogP contribution in [0.4, 0.5) is 0 Å². The van der Waals surface area contributed by atoms with Crippen molar-refractivity contribution in [2.24, 2.45) is 0 Å². The van der Waals surface area contributed by atoms with Crippen LogP contribution in [0, 0.1) is 0 Å². The van der Waals surface area contributed by atoms with Gasteiger partial charge in [-0.2, -0.15) is 0 Å². The highest BCUT2D eigenvalue weighted by atomic mass is 16.5. The van der Waals surface area contributed by atoms with Gasteiger partial charge in [-0.25, -0.2) is 0 Å². The Labute approximate surface area is 175 Å². The maximum Gasteiger partial charge on any atom is 0.178 e. The molecule has 0 saturated heterocycles. The topological polar surface area (TPSA) is 9.23 Å². The lowest BCUT2D eigenvalue weighted by atomic mass is 9.82. The summed E-state index contributed by atoms with van der Waals surface area (Å²) in [5, 5.41) is 4.89. The lowest BCUT2D eigenvalue weighted by Crippen LogP contribution is -2.34. The Morgan fingerprint density at radius 1 is 0.533 bits per heavy atom. The number of fused-ring (bicyclic) bond motifs is 4. The van der Waals surface area contributed by atoms with Crippen LogP contribution in [0.25, 0.3) is 27.6 Å². The fourth-order valence-electron chi connectivity index (χ4n) is 4.53. The maximum absolute atomic E-state index is 6.86. The van der Waals surface area contributed by atoms with Gasteiger partial charge < -0.3 is 4.74 Å². The third-order valence-electron chi connectivity index (χ3n) is 6.07. The van der Waals surface area contributed by atoms with Gasteiger partial charge in [0.25, 0.3) is 0 Å². The van der Waals surface area contributed by atoms with Crippen molar-refractivity contribution in [2.45, 2.75) is 5.60 Å². The van der Waals surface area contributed by atoms with Crippen LogP contribution in [0.15, 0.2) is 115 Å². The van der Waals surface area contributed by atoms with Crippen molar-refractivity contribution in [1.29, 1.82) is 0 Å². The number of ether oxygens (including phenoxy) is 1. The minimum atomic E-state index is -0.666. The molecule has 1 aliphatic rings. The van der Waals surface area contributed by atoms with Gasteiger partial charge in [0, 0.05) is 16.7 Å². The van der Waals surface area contributed by atoms with E-state index in [0.29, 0.717) is 0 Å². The van der Waals surface area contributed by atoms with Crippen LogP contribution in [0.3, 0.4) is 0 Å². The molecule has 0 saturated carbocycles. The molecule has 0 spiro atoms. The Bertz CT molecular complexity index is 1410. The molecule has 5 aromatic carbocycles. The first-order chi connectivity index (χ1) is 14.8. The molecule has 1 heteroatoms. The summed E-state index contributed by atoms with van der Waals surface area (Å²) in [6.07, 6.45) is 4.44. The molecule has 1 nitrogen and oxygen atoms in total. The van der Waals surface area contributed by atoms with Crippen molar-refractivity contribution in [3.63, 3.8) is 0 Å². The van der Waals surface area contributed by atoms with E-state index in [9.17, 15) is 0 Å². The lowest BCUT2D eigenvalue weighted by Gasteiger charge is -2.36. The molecule has 0 bridgehead atoms. The van der Waals surface area contributed by atoms with E-state index in [2.05, 4.69) is 115 Å². The number of rotatable bonds is 2. The average Bonchev–Trinajstić information content (AvgIpc) is 2.83. The van der Waals surface area contributed by atoms with Crippen LogP contribution in [-0.2, 0) is 5.60 Å². The fraction of sp³-hybridized carbons (Fsp3) is 0.0345. The summed E-state index contributed by atoms with van der Waals surface area (Å²) in [5.74, 6) is 0.910. The van der Waals surface area contributed by atoms with Crippen molar-refractivity contribution in [3.05, 3.63) is 132 Å². The molecular weight excluding hydrogens is 364 g/mol. The van der Waals surface area contributed by atoms with Gasteiger partial charge in [-0.3, -0.25) is 0 Å². The van der Waals surface area contributed by atoms with Crippen LogP contribution < -0.4 is 4.74 Å². The predicted octanol–water partition coefficient (Wildman–Crippen LogP) is 7.34. The van der Waals surface area contributed by atoms with Crippen molar-refractivity contribution < 1.29 is 4.74 Å². The molecule has 6 rings (SSSR count). The monoisotopic (exact) mass is 384 g/mol. The number of benzene rings is 5. The highest BCUT2D eigenvalue weighted by Crippen LogP contribution is 2.44. The second kappa shape index (κ2) is 6.60. The highest BCUT2D eigenvalue weighted by molar-refractivity contribution is 5.94. The summed E-state index contributed by atoms with van der Waals surface area (Å²) in [6.45, 7) is 0. The molecule has 1 heterocycles. The number of hydrogen-bond donors (Lipinski definition) is 0. The second-order valence-electron chi connectivity index (χ2n) is 7.80. The average molecular weight is 384 g/mol. The smallest absolute Gasteiger partial charge is 0.178 e. The fourth-order valence-corrected chi connectivity index (χ4v) is 4.53. The third-order valence-corrected chi connectivity index (χ3v) is 6.07. The summed E-state index contributed by atoms with van der Waals surface area (Å²) >= 11 is 0. The molecule has 5 aromatic rings. The molecule has 1 aliphatic heterocycles. The first kappa shape index (κ1) is 17.1. The largest absolute Gasteiger partial charge is 0.473 e. The van der Waals surface area contributed by atoms with Crippen molar-refractivity contribution in [3.8, 4) is 5.75 Å². The number of hydrogen-bond acceptors (Lipinski definition) is 1. The zero-order valence-electron chi connectivity index (χ0n) is 16.5. The molecule has 0 aromatic heterocycles. The van der Waals surface area contributed by atoms with Gasteiger partial charge in [0.1, 0.15) is 5.75 Å². The van der Waals surface area contributed by atoms with Crippen molar-refractivity contribution >= 4 is 27.6 Å². The summed E-state index contributed by atoms with van der Waals surface area (Å²) < 4.78 is 6.86. The Morgan fingerprint density at radius 3 is 2.10 bits per heavy atom. The molecule has 1 unspecified atom stereocenters. The Kier molecular flexibility index (Phi) is 3.75. The van der Waals surface area contributed by atoms with Gasteiger partial charge in [0.15, 0.2) is 5.60 Å². The van der Waals surface area contributed by atoms with E-state index in [1.807, 2.05) is 6.07 Å². The van der Waals surface area contributed by atoms with Crippen molar-refractivity contribution in [2.75, 3.05) is 0 Å². The van der Waals surface area contributed by atoms with Gasteiger partial charge in [-0.1, -0.05) is 97.1 Å². The van der Waals surface area contributed by atoms with E-state index in [1.165, 1.54) is 21.5 Å². The molecule has 142 valence electrons. The molecule has 0 fully saturated rings. The van der Waals surface area contributed by atoms with Crippen LogP contribution in [0.5, 0.6) is 5.75 Å². The van der Waals surface area contributed by atoms with Gasteiger partial charge in [-0.15, -0.1) is 0 Å². The quantitative estimate of drug-likeness (QED) is 0.309. The third kappa shape index (κ3) is 2.56. The first-order valence-electron chi connectivity index (χ1n) is 10.3. The zero-order valence-corrected chi connectivity index (χ0v) is 16.5. The minimum Gasteiger partial charge on any atom is -0.473 e. The molecule has 0 radical (unpaired) electrons. The van der Waals surface area contributed by atoms with E-state index in [4.69, 9.17) is 4.74 Å². The predicted molar refractivity (Wildman–Crippen MR) is 125 cm³/mol. The van der Waals surface area contributed by atoms with Gasteiger partial charge in [0.05, 0.1) is 0 Å². The SMILES string of the molecule is C1=CC(c2ccccc2)(c2ccc3ccccc3c2)Oc2ccc3ccccc3c21. The summed E-state index contributed by atoms with van der Waals surface area (Å²) in [4.78, 5) is 0. The van der Waals surface area contributed by atoms with Crippen LogP contribution in [0.1, 0.15) is 16.7 Å². The van der Waals surface area contributed by atoms with E-state index < -0.39 is 5.60 Å². The van der Waals surface area contributed by atoms with Gasteiger partial charge in [-0.05, 0) is 45.8 Å². The van der Waals surface area contributed by atoms with Crippen molar-refractivity contribution in [1.82, 2.24) is 0 Å². The van der Waals surface area contributed by atoms with Crippen LogP contribution >= 0.6 is 0 Å². The minimum absolute atomic E-state index is 0.666. The Morgan fingerprint density at radius 2 is 1.23 bits per heavy atom. The lowest BCUT2D eigenvalue weighted by molar-refractivity contribution is 0.161. The van der Waals surface area contributed by atoms with E-state index in [-0.39, 0.29) is 0 Å². The molecule has 30 heavy (non-hydrogen) atoms. The van der Waals surface area contributed by atoms with E-state index in [0.717, 1.165) is 22.4 Å².